The van der Waals surface area contributed by atoms with E-state index in [9.17, 15) is 4.79 Å². The summed E-state index contributed by atoms with van der Waals surface area (Å²) in [5.74, 6) is 1.82. The summed E-state index contributed by atoms with van der Waals surface area (Å²) < 4.78 is 8.35. The van der Waals surface area contributed by atoms with Crippen LogP contribution in [0.2, 0.25) is 0 Å². The Bertz CT molecular complexity index is 848. The number of fused-ring (bicyclic) bond motifs is 1. The molecule has 1 N–H and O–H groups in total. The van der Waals surface area contributed by atoms with Gasteiger partial charge in [0.2, 0.25) is 5.91 Å². The van der Waals surface area contributed by atoms with Crippen molar-refractivity contribution in [2.45, 2.75) is 52.1 Å². The number of hydrogen-bond donors (Lipinski definition) is 1. The van der Waals surface area contributed by atoms with E-state index in [1.807, 2.05) is 17.6 Å². The van der Waals surface area contributed by atoms with Crippen molar-refractivity contribution in [3.63, 3.8) is 0 Å². The molecule has 1 aliphatic heterocycles. The number of ether oxygens (including phenoxy) is 1. The zero-order valence-electron chi connectivity index (χ0n) is 15.1. The summed E-state index contributed by atoms with van der Waals surface area (Å²) >= 11 is 0. The maximum atomic E-state index is 11.5. The van der Waals surface area contributed by atoms with Crippen LogP contribution in [0.5, 0.6) is 5.75 Å². The number of hydrogen-bond acceptors (Lipinski definition) is 3. The zero-order valence-corrected chi connectivity index (χ0v) is 15.1. The molecule has 2 aliphatic rings. The molecule has 4 rings (SSSR count). The third-order valence-corrected chi connectivity index (χ3v) is 5.50. The number of rotatable bonds is 5. The first kappa shape index (κ1) is 16.2. The van der Waals surface area contributed by atoms with E-state index in [0.29, 0.717) is 18.9 Å². The van der Waals surface area contributed by atoms with Crippen molar-refractivity contribution in [2.24, 2.45) is 5.92 Å². The number of pyridine rings is 1. The molecule has 0 radical (unpaired) electrons. The second-order valence-electron chi connectivity index (χ2n) is 7.32. The summed E-state index contributed by atoms with van der Waals surface area (Å²) in [6.45, 7) is 6.89. The van der Waals surface area contributed by atoms with Crippen LogP contribution in [-0.2, 0) is 4.79 Å². The maximum Gasteiger partial charge on any atom is 0.220 e. The highest BCUT2D eigenvalue weighted by molar-refractivity contribution is 5.78. The van der Waals surface area contributed by atoms with Crippen molar-refractivity contribution < 1.29 is 9.53 Å². The molecule has 132 valence electrons. The van der Waals surface area contributed by atoms with E-state index in [-0.39, 0.29) is 17.9 Å². The van der Waals surface area contributed by atoms with Crippen LogP contribution < -0.4 is 10.1 Å². The van der Waals surface area contributed by atoms with Gasteiger partial charge in [-0.15, -0.1) is 0 Å². The first-order chi connectivity index (χ1) is 12.1. The van der Waals surface area contributed by atoms with E-state index in [1.165, 1.54) is 24.0 Å². The Morgan fingerprint density at radius 1 is 1.48 bits per heavy atom. The fourth-order valence-corrected chi connectivity index (χ4v) is 3.53. The van der Waals surface area contributed by atoms with Gasteiger partial charge in [-0.05, 0) is 56.7 Å². The molecule has 2 fully saturated rings. The normalized spacial score (nSPS) is 22.3. The van der Waals surface area contributed by atoms with Crippen molar-refractivity contribution >= 4 is 17.0 Å². The Hall–Kier alpha value is -2.30. The first-order valence-electron chi connectivity index (χ1n) is 9.14. The van der Waals surface area contributed by atoms with Crippen LogP contribution in [0.15, 0.2) is 24.5 Å². The van der Waals surface area contributed by atoms with Gasteiger partial charge in [0, 0.05) is 30.6 Å². The van der Waals surface area contributed by atoms with Crippen LogP contribution in [0.1, 0.15) is 57.1 Å². The van der Waals surface area contributed by atoms with E-state index >= 15 is 0 Å². The Labute approximate surface area is 148 Å². The second-order valence-corrected chi connectivity index (χ2v) is 7.32. The molecule has 25 heavy (non-hydrogen) atoms. The minimum atomic E-state index is -0.0223. The summed E-state index contributed by atoms with van der Waals surface area (Å²) in [4.78, 5) is 11.5. The second kappa shape index (κ2) is 6.21. The van der Waals surface area contributed by atoms with Crippen LogP contribution in [0.25, 0.3) is 11.1 Å². The average molecular weight is 339 g/mol. The Morgan fingerprint density at radius 2 is 2.28 bits per heavy atom. The van der Waals surface area contributed by atoms with Gasteiger partial charge in [0.15, 0.2) is 0 Å². The molecule has 5 heteroatoms. The van der Waals surface area contributed by atoms with E-state index in [1.54, 1.807) is 0 Å². The molecular weight excluding hydrogens is 314 g/mol. The van der Waals surface area contributed by atoms with Gasteiger partial charge in [0.05, 0.1) is 6.20 Å². The van der Waals surface area contributed by atoms with Crippen LogP contribution in [0.3, 0.4) is 0 Å². The van der Waals surface area contributed by atoms with Gasteiger partial charge >= 0.3 is 0 Å². The zero-order chi connectivity index (χ0) is 17.6. The lowest BCUT2D eigenvalue weighted by atomic mass is 10.0. The summed E-state index contributed by atoms with van der Waals surface area (Å²) in [5, 5.41) is 7.48. The largest absolute Gasteiger partial charge is 0.488 e. The molecule has 0 aromatic carbocycles. The predicted octanol–water partition coefficient (Wildman–Crippen LogP) is 3.54. The topological polar surface area (TPSA) is 55.6 Å². The van der Waals surface area contributed by atoms with Gasteiger partial charge in [-0.3, -0.25) is 4.79 Å². The standard InChI is InChI=1S/C20H25N3O2/c1-4-12(2)16-7-18(25-13(3)15-8-19(24)21-9-15)20-17(14-5-6-14)10-22-23(20)11-16/h4,7,10-11,13-15H,5-6,8-9H2,1-3H3,(H,21,24). The van der Waals surface area contributed by atoms with Gasteiger partial charge in [-0.25, -0.2) is 4.52 Å². The lowest BCUT2D eigenvalue weighted by Gasteiger charge is -2.21. The fourth-order valence-electron chi connectivity index (χ4n) is 3.53. The van der Waals surface area contributed by atoms with E-state index in [0.717, 1.165) is 16.8 Å². The molecule has 1 saturated heterocycles. The van der Waals surface area contributed by atoms with Crippen LogP contribution in [0.4, 0.5) is 0 Å². The van der Waals surface area contributed by atoms with Gasteiger partial charge in [-0.2, -0.15) is 5.10 Å². The Morgan fingerprint density at radius 3 is 2.92 bits per heavy atom. The van der Waals surface area contributed by atoms with Gasteiger partial charge in [0.1, 0.15) is 17.4 Å². The molecule has 5 nitrogen and oxygen atoms in total. The highest BCUT2D eigenvalue weighted by Crippen LogP contribution is 2.44. The summed E-state index contributed by atoms with van der Waals surface area (Å²) in [7, 11) is 0. The van der Waals surface area contributed by atoms with Gasteiger partial charge < -0.3 is 10.1 Å². The number of nitrogens with one attached hydrogen (secondary N) is 1. The minimum absolute atomic E-state index is 0.0223. The van der Waals surface area contributed by atoms with Gasteiger partial charge in [-0.1, -0.05) is 6.08 Å². The monoisotopic (exact) mass is 339 g/mol. The molecule has 0 spiro atoms. The number of carbonyl (C=O) groups excluding carboxylic acids is 1. The number of allylic oxidation sites excluding steroid dienone is 2. The molecule has 2 atom stereocenters. The number of amides is 1. The molecule has 2 aromatic rings. The highest BCUT2D eigenvalue weighted by atomic mass is 16.5. The average Bonchev–Trinajstić information content (AvgIpc) is 3.20. The van der Waals surface area contributed by atoms with E-state index < -0.39 is 0 Å². The SMILES string of the molecule is CC=C(C)c1cc(OC(C)C2CNC(=O)C2)c2c(C3CC3)cnn2c1. The molecule has 1 amide bonds. The van der Waals surface area contributed by atoms with Crippen molar-refractivity contribution in [2.75, 3.05) is 6.54 Å². The first-order valence-corrected chi connectivity index (χ1v) is 9.14. The van der Waals surface area contributed by atoms with Crippen LogP contribution in [-0.4, -0.2) is 28.2 Å². The van der Waals surface area contributed by atoms with Crippen molar-refractivity contribution in [3.8, 4) is 5.75 Å². The molecule has 1 aliphatic carbocycles. The maximum absolute atomic E-state index is 11.5. The number of carbonyl (C=O) groups is 1. The molecule has 0 bridgehead atoms. The van der Waals surface area contributed by atoms with Crippen molar-refractivity contribution in [3.05, 3.63) is 35.7 Å². The Balaban J connectivity index is 1.73. The third kappa shape index (κ3) is 3.03. The Kier molecular flexibility index (Phi) is 4.02. The number of aromatic nitrogens is 2. The van der Waals surface area contributed by atoms with Crippen LogP contribution >= 0.6 is 0 Å². The lowest BCUT2D eigenvalue weighted by molar-refractivity contribution is -0.119. The molecule has 3 heterocycles. The summed E-state index contributed by atoms with van der Waals surface area (Å²) in [5.41, 5.74) is 4.68. The van der Waals surface area contributed by atoms with Crippen LogP contribution in [0, 0.1) is 5.92 Å². The van der Waals surface area contributed by atoms with E-state index in [4.69, 9.17) is 4.74 Å². The molecular formula is C20H25N3O2. The fraction of sp³-hybridized carbons (Fsp3) is 0.500. The molecule has 1 saturated carbocycles. The number of nitrogens with zero attached hydrogens (tertiary/aromatic N) is 2. The van der Waals surface area contributed by atoms with Crippen molar-refractivity contribution in [1.29, 1.82) is 0 Å². The van der Waals surface area contributed by atoms with Crippen molar-refractivity contribution in [1.82, 2.24) is 14.9 Å². The molecule has 2 aromatic heterocycles. The minimum Gasteiger partial charge on any atom is -0.488 e. The summed E-state index contributed by atoms with van der Waals surface area (Å²) in [6, 6.07) is 2.12. The van der Waals surface area contributed by atoms with Gasteiger partial charge in [0.25, 0.3) is 0 Å². The van der Waals surface area contributed by atoms with E-state index in [2.05, 4.69) is 42.6 Å². The lowest BCUT2D eigenvalue weighted by Crippen LogP contribution is -2.26. The quantitative estimate of drug-likeness (QED) is 0.906. The molecule has 2 unspecified atom stereocenters. The summed E-state index contributed by atoms with van der Waals surface area (Å²) in [6.07, 6.45) is 9.14. The third-order valence-electron chi connectivity index (χ3n) is 5.50. The smallest absolute Gasteiger partial charge is 0.220 e. The predicted molar refractivity (Wildman–Crippen MR) is 97.7 cm³/mol. The highest BCUT2D eigenvalue weighted by Gasteiger charge is 2.31.